The summed E-state index contributed by atoms with van der Waals surface area (Å²) in [4.78, 5) is 23.0. The maximum atomic E-state index is 13.2. The lowest BCUT2D eigenvalue weighted by atomic mass is 10.1. The Morgan fingerprint density at radius 3 is 2.42 bits per heavy atom. The molecule has 0 unspecified atom stereocenters. The van der Waals surface area contributed by atoms with Crippen molar-refractivity contribution in [1.82, 2.24) is 0 Å². The molecule has 0 aliphatic carbocycles. The van der Waals surface area contributed by atoms with Crippen molar-refractivity contribution in [1.29, 1.82) is 0 Å². The molecular formula is C18H14BrF3N2O2. The molecule has 4 nitrogen and oxygen atoms in total. The van der Waals surface area contributed by atoms with E-state index in [0.29, 0.717) is 5.56 Å². The molecule has 0 bridgehead atoms. The second-order valence-electron chi connectivity index (χ2n) is 5.32. The van der Waals surface area contributed by atoms with Crippen LogP contribution >= 0.6 is 15.9 Å². The van der Waals surface area contributed by atoms with Gasteiger partial charge < -0.3 is 10.6 Å². The Bertz CT molecular complexity index is 864. The van der Waals surface area contributed by atoms with Crippen molar-refractivity contribution >= 4 is 45.2 Å². The maximum Gasteiger partial charge on any atom is 0.418 e. The molecule has 0 aromatic heterocycles. The molecule has 8 heteroatoms. The van der Waals surface area contributed by atoms with E-state index in [0.717, 1.165) is 22.7 Å². The van der Waals surface area contributed by atoms with Crippen LogP contribution in [-0.2, 0) is 15.8 Å². The van der Waals surface area contributed by atoms with E-state index in [2.05, 4.69) is 26.6 Å². The molecule has 2 N–H and O–H groups in total. The van der Waals surface area contributed by atoms with Gasteiger partial charge in [0.2, 0.25) is 11.8 Å². The SMILES string of the molecule is CC(=O)Nc1ccc(NC(=O)/C=C/c2cccc(Br)c2)c(C(F)(F)F)c1. The minimum atomic E-state index is -4.69. The molecule has 136 valence electrons. The van der Waals surface area contributed by atoms with Gasteiger partial charge in [0.15, 0.2) is 0 Å². The van der Waals surface area contributed by atoms with Crippen molar-refractivity contribution in [3.05, 3.63) is 64.1 Å². The second kappa shape index (κ2) is 8.18. The fourth-order valence-electron chi connectivity index (χ4n) is 2.13. The molecule has 2 aromatic carbocycles. The zero-order valence-electron chi connectivity index (χ0n) is 13.5. The van der Waals surface area contributed by atoms with Crippen LogP contribution in [0.25, 0.3) is 6.08 Å². The topological polar surface area (TPSA) is 58.2 Å². The standard InChI is InChI=1S/C18H14BrF3N2O2/c1-11(25)23-14-6-7-16(15(10-14)18(20,21)22)24-17(26)8-5-12-3-2-4-13(19)9-12/h2-10H,1H3,(H,23,25)(H,24,26)/b8-5+. The summed E-state index contributed by atoms with van der Waals surface area (Å²) in [6.07, 6.45) is -2.06. The number of carbonyl (C=O) groups excluding carboxylic acids is 2. The van der Waals surface area contributed by atoms with Gasteiger partial charge in [-0.15, -0.1) is 0 Å². The van der Waals surface area contributed by atoms with E-state index in [9.17, 15) is 22.8 Å². The van der Waals surface area contributed by atoms with Crippen molar-refractivity contribution < 1.29 is 22.8 Å². The first-order chi connectivity index (χ1) is 12.1. The average Bonchev–Trinajstić information content (AvgIpc) is 2.53. The summed E-state index contributed by atoms with van der Waals surface area (Å²) >= 11 is 3.29. The van der Waals surface area contributed by atoms with Gasteiger partial charge in [0.25, 0.3) is 0 Å². The van der Waals surface area contributed by atoms with Gasteiger partial charge in [0, 0.05) is 23.2 Å². The number of nitrogens with one attached hydrogen (secondary N) is 2. The van der Waals surface area contributed by atoms with Crippen molar-refractivity contribution in [3.63, 3.8) is 0 Å². The van der Waals surface area contributed by atoms with Gasteiger partial charge in [-0.1, -0.05) is 28.1 Å². The molecule has 0 aliphatic heterocycles. The molecule has 0 spiro atoms. The van der Waals surface area contributed by atoms with Crippen molar-refractivity contribution in [2.75, 3.05) is 10.6 Å². The molecular weight excluding hydrogens is 413 g/mol. The number of carbonyl (C=O) groups is 2. The minimum absolute atomic E-state index is 0.00694. The highest BCUT2D eigenvalue weighted by atomic mass is 79.9. The number of halogens is 4. The second-order valence-corrected chi connectivity index (χ2v) is 6.23. The minimum Gasteiger partial charge on any atom is -0.326 e. The van der Waals surface area contributed by atoms with Gasteiger partial charge in [0.1, 0.15) is 0 Å². The zero-order chi connectivity index (χ0) is 19.3. The largest absolute Gasteiger partial charge is 0.418 e. The molecule has 0 saturated heterocycles. The fourth-order valence-corrected chi connectivity index (χ4v) is 2.54. The van der Waals surface area contributed by atoms with Crippen LogP contribution in [0.15, 0.2) is 53.0 Å². The van der Waals surface area contributed by atoms with Crippen molar-refractivity contribution in [2.45, 2.75) is 13.1 Å². The van der Waals surface area contributed by atoms with Crippen LogP contribution in [0, 0.1) is 0 Å². The Kier molecular flexibility index (Phi) is 6.20. The van der Waals surface area contributed by atoms with Crippen LogP contribution < -0.4 is 10.6 Å². The van der Waals surface area contributed by atoms with E-state index in [-0.39, 0.29) is 5.69 Å². The summed E-state index contributed by atoms with van der Waals surface area (Å²) in [7, 11) is 0. The molecule has 0 atom stereocenters. The Morgan fingerprint density at radius 1 is 1.08 bits per heavy atom. The number of alkyl halides is 3. The van der Waals surface area contributed by atoms with Gasteiger partial charge in [-0.25, -0.2) is 0 Å². The average molecular weight is 427 g/mol. The van der Waals surface area contributed by atoms with Crippen LogP contribution in [-0.4, -0.2) is 11.8 Å². The molecule has 0 aliphatic rings. The predicted octanol–water partition coefficient (Wildman–Crippen LogP) is 5.08. The van der Waals surface area contributed by atoms with E-state index < -0.39 is 29.2 Å². The first-order valence-corrected chi connectivity index (χ1v) is 8.18. The molecule has 0 fully saturated rings. The fraction of sp³-hybridized carbons (Fsp3) is 0.111. The third kappa shape index (κ3) is 5.73. The number of hydrogen-bond acceptors (Lipinski definition) is 2. The molecule has 0 saturated carbocycles. The highest BCUT2D eigenvalue weighted by Crippen LogP contribution is 2.36. The number of anilines is 2. The normalized spacial score (nSPS) is 11.4. The van der Waals surface area contributed by atoms with Crippen LogP contribution in [0.1, 0.15) is 18.1 Å². The van der Waals surface area contributed by atoms with Crippen LogP contribution in [0.4, 0.5) is 24.5 Å². The quantitative estimate of drug-likeness (QED) is 0.669. The van der Waals surface area contributed by atoms with Gasteiger partial charge in [-0.2, -0.15) is 13.2 Å². The number of benzene rings is 2. The molecule has 0 radical (unpaired) electrons. The van der Waals surface area contributed by atoms with Crippen LogP contribution in [0.3, 0.4) is 0 Å². The lowest BCUT2D eigenvalue weighted by Gasteiger charge is -2.15. The lowest BCUT2D eigenvalue weighted by Crippen LogP contribution is -2.16. The van der Waals surface area contributed by atoms with Crippen LogP contribution in [0.5, 0.6) is 0 Å². The summed E-state index contributed by atoms with van der Waals surface area (Å²) < 4.78 is 40.5. The zero-order valence-corrected chi connectivity index (χ0v) is 15.1. The summed E-state index contributed by atoms with van der Waals surface area (Å²) in [6.45, 7) is 1.19. The van der Waals surface area contributed by atoms with Gasteiger partial charge in [0.05, 0.1) is 11.3 Å². The summed E-state index contributed by atoms with van der Waals surface area (Å²) in [6, 6.07) is 10.2. The van der Waals surface area contributed by atoms with Crippen molar-refractivity contribution in [2.24, 2.45) is 0 Å². The Balaban J connectivity index is 2.22. The monoisotopic (exact) mass is 426 g/mol. The van der Waals surface area contributed by atoms with E-state index in [1.54, 1.807) is 18.2 Å². The predicted molar refractivity (Wildman–Crippen MR) is 97.6 cm³/mol. The van der Waals surface area contributed by atoms with Gasteiger partial charge in [-0.05, 0) is 42.0 Å². The number of hydrogen-bond donors (Lipinski definition) is 2. The summed E-state index contributed by atoms with van der Waals surface area (Å²) in [5.41, 5.74) is -0.734. The number of rotatable bonds is 4. The van der Waals surface area contributed by atoms with Crippen molar-refractivity contribution in [3.8, 4) is 0 Å². The maximum absolute atomic E-state index is 13.2. The van der Waals surface area contributed by atoms with E-state index in [1.807, 2.05) is 6.07 Å². The smallest absolute Gasteiger partial charge is 0.326 e. The number of amides is 2. The third-order valence-electron chi connectivity index (χ3n) is 3.18. The highest BCUT2D eigenvalue weighted by Gasteiger charge is 2.34. The van der Waals surface area contributed by atoms with Gasteiger partial charge >= 0.3 is 6.18 Å². The van der Waals surface area contributed by atoms with E-state index in [1.165, 1.54) is 19.1 Å². The van der Waals surface area contributed by atoms with E-state index in [4.69, 9.17) is 0 Å². The molecule has 2 rings (SSSR count). The first-order valence-electron chi connectivity index (χ1n) is 7.38. The summed E-state index contributed by atoms with van der Waals surface area (Å²) in [5.74, 6) is -1.20. The molecule has 2 amide bonds. The first kappa shape index (κ1) is 19.7. The Hall–Kier alpha value is -2.61. The summed E-state index contributed by atoms with van der Waals surface area (Å²) in [5, 5.41) is 4.49. The lowest BCUT2D eigenvalue weighted by molar-refractivity contribution is -0.137. The van der Waals surface area contributed by atoms with Crippen LogP contribution in [0.2, 0.25) is 0 Å². The van der Waals surface area contributed by atoms with Gasteiger partial charge in [-0.3, -0.25) is 9.59 Å². The molecule has 26 heavy (non-hydrogen) atoms. The Labute approximate surface area is 156 Å². The van der Waals surface area contributed by atoms with E-state index >= 15 is 0 Å². The Morgan fingerprint density at radius 2 is 1.81 bits per heavy atom. The third-order valence-corrected chi connectivity index (χ3v) is 3.67. The molecule has 2 aromatic rings. The highest BCUT2D eigenvalue weighted by molar-refractivity contribution is 9.10. The molecule has 0 heterocycles.